The lowest BCUT2D eigenvalue weighted by atomic mass is 10.2. The smallest absolute Gasteiger partial charge is 0.138 e. The van der Waals surface area contributed by atoms with Gasteiger partial charge < -0.3 is 19.7 Å². The van der Waals surface area contributed by atoms with Crippen molar-refractivity contribution in [2.24, 2.45) is 0 Å². The molecule has 0 amide bonds. The summed E-state index contributed by atoms with van der Waals surface area (Å²) in [6, 6.07) is 6.15. The number of hydrogen-bond donors (Lipinski definition) is 1. The summed E-state index contributed by atoms with van der Waals surface area (Å²) in [6.45, 7) is 10.4. The van der Waals surface area contributed by atoms with E-state index in [1.807, 2.05) is 12.1 Å². The Morgan fingerprint density at radius 1 is 1.19 bits per heavy atom. The summed E-state index contributed by atoms with van der Waals surface area (Å²) in [7, 11) is 1.71. The molecule has 1 rings (SSSR count). The zero-order chi connectivity index (χ0) is 15.5. The quantitative estimate of drug-likeness (QED) is 0.616. The molecule has 0 aliphatic rings. The molecule has 0 unspecified atom stereocenters. The minimum atomic E-state index is 0.704. The second-order valence-electron chi connectivity index (χ2n) is 4.77. The van der Waals surface area contributed by atoms with E-state index in [1.54, 1.807) is 7.11 Å². The molecule has 0 aliphatic heterocycles. The Morgan fingerprint density at radius 3 is 2.62 bits per heavy atom. The average molecular weight is 359 g/mol. The van der Waals surface area contributed by atoms with Crippen LogP contribution in [0.2, 0.25) is 0 Å². The van der Waals surface area contributed by atoms with Crippen LogP contribution < -0.4 is 10.1 Å². The Hall–Kier alpha value is -0.620. The minimum absolute atomic E-state index is 0.704. The van der Waals surface area contributed by atoms with Crippen LogP contribution in [0.1, 0.15) is 19.4 Å². The molecule has 21 heavy (non-hydrogen) atoms. The van der Waals surface area contributed by atoms with E-state index in [2.05, 4.69) is 46.1 Å². The number of ether oxygens (including phenoxy) is 2. The normalized spacial score (nSPS) is 11.1. The highest BCUT2D eigenvalue weighted by molar-refractivity contribution is 9.10. The molecule has 5 heteroatoms. The van der Waals surface area contributed by atoms with Crippen molar-refractivity contribution in [3.05, 3.63) is 28.2 Å². The second kappa shape index (κ2) is 11.0. The topological polar surface area (TPSA) is 33.7 Å². The highest BCUT2D eigenvalue weighted by Gasteiger charge is 2.08. The molecule has 0 heterocycles. The molecule has 0 saturated heterocycles. The molecule has 0 saturated carbocycles. The van der Waals surface area contributed by atoms with Crippen molar-refractivity contribution in [3.8, 4) is 5.75 Å². The predicted molar refractivity (Wildman–Crippen MR) is 91.0 cm³/mol. The lowest BCUT2D eigenvalue weighted by Gasteiger charge is -2.19. The van der Waals surface area contributed by atoms with Gasteiger partial charge in [-0.3, -0.25) is 0 Å². The number of rotatable bonds is 11. The molecule has 120 valence electrons. The largest absolute Gasteiger partial charge is 0.491 e. The Morgan fingerprint density at radius 2 is 1.95 bits per heavy atom. The fourth-order valence-corrected chi connectivity index (χ4v) is 2.59. The van der Waals surface area contributed by atoms with Gasteiger partial charge in [-0.15, -0.1) is 0 Å². The molecule has 1 N–H and O–H groups in total. The van der Waals surface area contributed by atoms with Crippen molar-refractivity contribution in [1.82, 2.24) is 10.2 Å². The lowest BCUT2D eigenvalue weighted by molar-refractivity contribution is 0.198. The van der Waals surface area contributed by atoms with Crippen LogP contribution >= 0.6 is 15.9 Å². The van der Waals surface area contributed by atoms with Gasteiger partial charge in [0.25, 0.3) is 0 Å². The van der Waals surface area contributed by atoms with Gasteiger partial charge in [0.15, 0.2) is 0 Å². The van der Waals surface area contributed by atoms with E-state index >= 15 is 0 Å². The van der Waals surface area contributed by atoms with Gasteiger partial charge in [0.2, 0.25) is 0 Å². The van der Waals surface area contributed by atoms with Gasteiger partial charge in [0.1, 0.15) is 12.4 Å². The molecular formula is C16H27BrN2O2. The molecule has 0 atom stereocenters. The van der Waals surface area contributed by atoms with Gasteiger partial charge in [0, 0.05) is 32.3 Å². The second-order valence-corrected chi connectivity index (χ2v) is 5.63. The van der Waals surface area contributed by atoms with E-state index in [9.17, 15) is 0 Å². The van der Waals surface area contributed by atoms with E-state index < -0.39 is 0 Å². The zero-order valence-electron chi connectivity index (χ0n) is 13.3. The molecule has 0 aromatic heterocycles. The Labute approximate surface area is 136 Å². The third-order valence-electron chi connectivity index (χ3n) is 3.40. The number of para-hydroxylation sites is 1. The molecule has 0 bridgehead atoms. The third kappa shape index (κ3) is 6.78. The molecule has 4 nitrogen and oxygen atoms in total. The van der Waals surface area contributed by atoms with Gasteiger partial charge in [-0.25, -0.2) is 0 Å². The van der Waals surface area contributed by atoms with E-state index in [1.165, 1.54) is 5.56 Å². The van der Waals surface area contributed by atoms with Crippen molar-refractivity contribution in [2.45, 2.75) is 20.4 Å². The van der Waals surface area contributed by atoms with Crippen LogP contribution in [0.4, 0.5) is 0 Å². The van der Waals surface area contributed by atoms with Crippen LogP contribution in [-0.2, 0) is 11.3 Å². The fourth-order valence-electron chi connectivity index (χ4n) is 2.07. The van der Waals surface area contributed by atoms with E-state index in [-0.39, 0.29) is 0 Å². The maximum Gasteiger partial charge on any atom is 0.138 e. The number of nitrogens with one attached hydrogen (secondary N) is 1. The number of likely N-dealkylation sites (N-methyl/N-ethyl adjacent to an activating group) is 1. The Kier molecular flexibility index (Phi) is 9.67. The number of methoxy groups -OCH3 is 1. The van der Waals surface area contributed by atoms with Crippen molar-refractivity contribution in [1.29, 1.82) is 0 Å². The first kappa shape index (κ1) is 18.4. The van der Waals surface area contributed by atoms with Crippen LogP contribution in [0.3, 0.4) is 0 Å². The van der Waals surface area contributed by atoms with Crippen LogP contribution in [0.25, 0.3) is 0 Å². The summed E-state index contributed by atoms with van der Waals surface area (Å²) < 4.78 is 12.0. The zero-order valence-corrected chi connectivity index (χ0v) is 14.9. The van der Waals surface area contributed by atoms with Crippen LogP contribution in [0.5, 0.6) is 5.75 Å². The van der Waals surface area contributed by atoms with Crippen molar-refractivity contribution >= 4 is 15.9 Å². The Bertz CT molecular complexity index is 398. The summed E-state index contributed by atoms with van der Waals surface area (Å²) in [5, 5.41) is 3.36. The maximum atomic E-state index is 6.00. The third-order valence-corrected chi connectivity index (χ3v) is 4.02. The first-order chi connectivity index (χ1) is 10.2. The molecule has 0 aliphatic carbocycles. The van der Waals surface area contributed by atoms with E-state index in [0.29, 0.717) is 13.2 Å². The van der Waals surface area contributed by atoms with E-state index in [4.69, 9.17) is 9.47 Å². The first-order valence-corrected chi connectivity index (χ1v) is 8.34. The van der Waals surface area contributed by atoms with Gasteiger partial charge >= 0.3 is 0 Å². The maximum absolute atomic E-state index is 6.00. The Balaban J connectivity index is 2.54. The molecule has 1 aromatic carbocycles. The number of halogens is 1. The first-order valence-electron chi connectivity index (χ1n) is 7.55. The number of hydrogen-bond acceptors (Lipinski definition) is 4. The van der Waals surface area contributed by atoms with Gasteiger partial charge in [-0.1, -0.05) is 26.0 Å². The summed E-state index contributed by atoms with van der Waals surface area (Å²) in [5.74, 6) is 0.939. The summed E-state index contributed by atoms with van der Waals surface area (Å²) in [6.07, 6.45) is 0. The SMILES string of the molecule is CCN(CC)CCOc1c(Br)cccc1CNCCOC. The van der Waals surface area contributed by atoms with Crippen molar-refractivity contribution in [3.63, 3.8) is 0 Å². The van der Waals surface area contributed by atoms with E-state index in [0.717, 1.165) is 42.9 Å². The average Bonchev–Trinajstić information content (AvgIpc) is 2.50. The molecule has 0 radical (unpaired) electrons. The number of nitrogens with zero attached hydrogens (tertiary/aromatic N) is 1. The van der Waals surface area contributed by atoms with Crippen LogP contribution in [0, 0.1) is 0 Å². The highest BCUT2D eigenvalue weighted by atomic mass is 79.9. The molecule has 1 aromatic rings. The highest BCUT2D eigenvalue weighted by Crippen LogP contribution is 2.29. The minimum Gasteiger partial charge on any atom is -0.491 e. The van der Waals surface area contributed by atoms with Gasteiger partial charge in [0.05, 0.1) is 11.1 Å². The monoisotopic (exact) mass is 358 g/mol. The van der Waals surface area contributed by atoms with Crippen LogP contribution in [-0.4, -0.2) is 51.4 Å². The lowest BCUT2D eigenvalue weighted by Crippen LogP contribution is -2.28. The number of benzene rings is 1. The van der Waals surface area contributed by atoms with Crippen molar-refractivity contribution in [2.75, 3.05) is 46.5 Å². The van der Waals surface area contributed by atoms with Crippen LogP contribution in [0.15, 0.2) is 22.7 Å². The van der Waals surface area contributed by atoms with Gasteiger partial charge in [-0.2, -0.15) is 0 Å². The summed E-state index contributed by atoms with van der Waals surface area (Å²) in [5.41, 5.74) is 1.17. The molecule has 0 spiro atoms. The molecule has 0 fully saturated rings. The van der Waals surface area contributed by atoms with Gasteiger partial charge in [-0.05, 0) is 35.1 Å². The fraction of sp³-hybridized carbons (Fsp3) is 0.625. The predicted octanol–water partition coefficient (Wildman–Crippen LogP) is 2.91. The summed E-state index contributed by atoms with van der Waals surface area (Å²) in [4.78, 5) is 2.35. The standard InChI is InChI=1S/C16H27BrN2O2/c1-4-19(5-2)10-12-21-16-14(7-6-8-15(16)17)13-18-9-11-20-3/h6-8,18H,4-5,9-13H2,1-3H3. The molecular weight excluding hydrogens is 332 g/mol. The van der Waals surface area contributed by atoms with Crippen molar-refractivity contribution < 1.29 is 9.47 Å². The summed E-state index contributed by atoms with van der Waals surface area (Å²) >= 11 is 3.58.